The number of nitrogens with zero attached hydrogens (tertiary/aromatic N) is 4. The number of allylic oxidation sites excluding steroid dienone is 2. The maximum atomic E-state index is 13.9. The lowest BCUT2D eigenvalue weighted by Gasteiger charge is -2.45. The fourth-order valence-corrected chi connectivity index (χ4v) is 4.02. The van der Waals surface area contributed by atoms with Crippen LogP contribution in [0.25, 0.3) is 0 Å². The molecule has 1 aromatic rings. The summed E-state index contributed by atoms with van der Waals surface area (Å²) in [5.41, 5.74) is 4.66. The first kappa shape index (κ1) is 19.1. The summed E-state index contributed by atoms with van der Waals surface area (Å²) in [6, 6.07) is 8.90. The van der Waals surface area contributed by atoms with Gasteiger partial charge in [0.1, 0.15) is 6.07 Å². The highest BCUT2D eigenvalue weighted by Crippen LogP contribution is 2.54. The molecule has 2 unspecified atom stereocenters. The molecule has 0 radical (unpaired) electrons. The highest BCUT2D eigenvalue weighted by molar-refractivity contribution is 5.74. The van der Waals surface area contributed by atoms with E-state index < -0.39 is 28.9 Å². The number of fused-ring (bicyclic) bond motifs is 1. The van der Waals surface area contributed by atoms with Gasteiger partial charge >= 0.3 is 0 Å². The number of benzene rings is 1. The van der Waals surface area contributed by atoms with Crippen LogP contribution in [0.15, 0.2) is 41.1 Å². The normalized spacial score (nSPS) is 23.0. The molecule has 2 aliphatic rings. The smallest absolute Gasteiger partial charge is 0.219 e. The molecule has 0 bridgehead atoms. The monoisotopic (exact) mass is 379 g/mol. The van der Waals surface area contributed by atoms with Crippen molar-refractivity contribution in [3.05, 3.63) is 58.3 Å². The number of carbonyl (C=O) groups excluding carboxylic acids is 1. The summed E-state index contributed by atoms with van der Waals surface area (Å²) in [5, 5.41) is 29.4. The number of nitrogens with two attached hydrogens (primary N) is 1. The molecule has 2 N–H and O–H groups in total. The molecule has 140 valence electrons. The Kier molecular flexibility index (Phi) is 4.63. The molecular weight excluding hydrogens is 364 g/mol. The van der Waals surface area contributed by atoms with E-state index >= 15 is 0 Å². The van der Waals surface area contributed by atoms with Gasteiger partial charge in [-0.25, -0.2) is 8.78 Å². The maximum Gasteiger partial charge on any atom is 0.219 e. The third-order valence-corrected chi connectivity index (χ3v) is 5.41. The van der Waals surface area contributed by atoms with E-state index in [0.29, 0.717) is 5.57 Å². The number of rotatable bonds is 1. The fourth-order valence-electron chi connectivity index (χ4n) is 4.02. The summed E-state index contributed by atoms with van der Waals surface area (Å²) in [4.78, 5) is 13.4. The van der Waals surface area contributed by atoms with Gasteiger partial charge in [-0.05, 0) is 23.3 Å². The Morgan fingerprint density at radius 3 is 2.46 bits per heavy atom. The Morgan fingerprint density at radius 2 is 1.93 bits per heavy atom. The molecule has 0 fully saturated rings. The zero-order valence-corrected chi connectivity index (χ0v) is 14.9. The molecule has 0 aromatic heterocycles. The zero-order valence-electron chi connectivity index (χ0n) is 14.9. The average Bonchev–Trinajstić information content (AvgIpc) is 2.69. The summed E-state index contributed by atoms with van der Waals surface area (Å²) in [7, 11) is 0. The Labute approximate surface area is 160 Å². The first-order valence-electron chi connectivity index (χ1n) is 8.44. The van der Waals surface area contributed by atoms with Crippen LogP contribution in [0.5, 0.6) is 0 Å². The summed E-state index contributed by atoms with van der Waals surface area (Å²) in [6.07, 6.45) is 1.66. The minimum Gasteiger partial charge on any atom is -0.399 e. The molecule has 1 aliphatic heterocycles. The van der Waals surface area contributed by atoms with Crippen molar-refractivity contribution in [3.8, 4) is 18.2 Å². The van der Waals surface area contributed by atoms with Crippen LogP contribution in [-0.2, 0) is 4.79 Å². The number of hydrogen-bond acceptors (Lipinski definition) is 5. The third kappa shape index (κ3) is 2.61. The quantitative estimate of drug-likeness (QED) is 0.803. The number of nitriles is 3. The van der Waals surface area contributed by atoms with Gasteiger partial charge in [-0.15, -0.1) is 0 Å². The van der Waals surface area contributed by atoms with Gasteiger partial charge in [-0.3, -0.25) is 4.79 Å². The highest BCUT2D eigenvalue weighted by Gasteiger charge is 2.54. The molecule has 0 spiro atoms. The van der Waals surface area contributed by atoms with Gasteiger partial charge in [-0.2, -0.15) is 15.8 Å². The zero-order chi connectivity index (χ0) is 20.6. The number of carbonyl (C=O) groups is 1. The standard InChI is InChI=1S/C20H15F2N5O/c1-11(28)27-5-4-13-14(7-23)19(26)20(9-24,10-25)18(15(13)8-27)12-2-3-16(21)17(22)6-12/h2-4,6,15,18H,5,8,26H2,1H3. The molecule has 0 saturated carbocycles. The molecule has 6 nitrogen and oxygen atoms in total. The van der Waals surface area contributed by atoms with Crippen molar-refractivity contribution in [1.82, 2.24) is 4.90 Å². The molecule has 2 atom stereocenters. The van der Waals surface area contributed by atoms with Crippen molar-refractivity contribution in [2.45, 2.75) is 12.8 Å². The number of halogens is 2. The van der Waals surface area contributed by atoms with Crippen LogP contribution in [0.2, 0.25) is 0 Å². The average molecular weight is 379 g/mol. The molecule has 0 saturated heterocycles. The van der Waals surface area contributed by atoms with Crippen LogP contribution in [0.3, 0.4) is 0 Å². The molecule has 1 heterocycles. The second-order valence-corrected chi connectivity index (χ2v) is 6.77. The SMILES string of the molecule is CC(=O)N1CC=C2C(C#N)=C(N)C(C#N)(C#N)C(c3ccc(F)c(F)c3)C2C1. The van der Waals surface area contributed by atoms with Crippen molar-refractivity contribution < 1.29 is 13.6 Å². The first-order chi connectivity index (χ1) is 13.3. The van der Waals surface area contributed by atoms with E-state index in [1.165, 1.54) is 17.9 Å². The van der Waals surface area contributed by atoms with E-state index in [1.807, 2.05) is 18.2 Å². The molecule has 1 aliphatic carbocycles. The van der Waals surface area contributed by atoms with Gasteiger partial charge in [0.25, 0.3) is 0 Å². The van der Waals surface area contributed by atoms with Crippen molar-refractivity contribution in [2.24, 2.45) is 17.1 Å². The third-order valence-electron chi connectivity index (χ3n) is 5.41. The van der Waals surface area contributed by atoms with Crippen LogP contribution >= 0.6 is 0 Å². The van der Waals surface area contributed by atoms with Crippen molar-refractivity contribution in [2.75, 3.05) is 13.1 Å². The largest absolute Gasteiger partial charge is 0.399 e. The lowest BCUT2D eigenvalue weighted by molar-refractivity contribution is -0.129. The van der Waals surface area contributed by atoms with Gasteiger partial charge in [0, 0.05) is 31.8 Å². The van der Waals surface area contributed by atoms with Crippen LogP contribution in [0, 0.1) is 57.0 Å². The summed E-state index contributed by atoms with van der Waals surface area (Å²) < 4.78 is 27.4. The van der Waals surface area contributed by atoms with Gasteiger partial charge in [0.05, 0.1) is 23.4 Å². The molecule has 1 amide bonds. The minimum absolute atomic E-state index is 0.0233. The van der Waals surface area contributed by atoms with Gasteiger partial charge < -0.3 is 10.6 Å². The Morgan fingerprint density at radius 1 is 1.25 bits per heavy atom. The second kappa shape index (κ2) is 6.79. The Balaban J connectivity index is 2.33. The second-order valence-electron chi connectivity index (χ2n) is 6.77. The summed E-state index contributed by atoms with van der Waals surface area (Å²) in [5.74, 6) is -4.04. The molecule has 8 heteroatoms. The van der Waals surface area contributed by atoms with Crippen LogP contribution < -0.4 is 5.73 Å². The van der Waals surface area contributed by atoms with Crippen LogP contribution in [-0.4, -0.2) is 23.9 Å². The van der Waals surface area contributed by atoms with Crippen molar-refractivity contribution in [3.63, 3.8) is 0 Å². The molecular formula is C20H15F2N5O. The van der Waals surface area contributed by atoms with E-state index in [0.717, 1.165) is 12.1 Å². The fraction of sp³-hybridized carbons (Fsp3) is 0.300. The van der Waals surface area contributed by atoms with E-state index in [1.54, 1.807) is 6.08 Å². The van der Waals surface area contributed by atoms with Crippen molar-refractivity contribution in [1.29, 1.82) is 15.8 Å². The number of amides is 1. The molecule has 3 rings (SSSR count). The van der Waals surface area contributed by atoms with E-state index in [4.69, 9.17) is 5.73 Å². The molecule has 28 heavy (non-hydrogen) atoms. The maximum absolute atomic E-state index is 13.9. The predicted molar refractivity (Wildman–Crippen MR) is 93.4 cm³/mol. The lowest BCUT2D eigenvalue weighted by Crippen LogP contribution is -2.48. The topological polar surface area (TPSA) is 118 Å². The Hall–Kier alpha value is -3.70. The van der Waals surface area contributed by atoms with Gasteiger partial charge in [0.15, 0.2) is 17.0 Å². The minimum atomic E-state index is -1.96. The van der Waals surface area contributed by atoms with Crippen molar-refractivity contribution >= 4 is 5.91 Å². The van der Waals surface area contributed by atoms with Crippen LogP contribution in [0.4, 0.5) is 8.78 Å². The first-order valence-corrected chi connectivity index (χ1v) is 8.44. The lowest BCUT2D eigenvalue weighted by atomic mass is 9.58. The van der Waals surface area contributed by atoms with Gasteiger partial charge in [0.2, 0.25) is 5.91 Å². The summed E-state index contributed by atoms with van der Waals surface area (Å²) >= 11 is 0. The summed E-state index contributed by atoms with van der Waals surface area (Å²) in [6.45, 7) is 1.75. The highest BCUT2D eigenvalue weighted by atomic mass is 19.2. The number of hydrogen-bond donors (Lipinski definition) is 1. The Bertz CT molecular complexity index is 1040. The predicted octanol–water partition coefficient (Wildman–Crippen LogP) is 2.24. The van der Waals surface area contributed by atoms with Crippen LogP contribution in [0.1, 0.15) is 18.4 Å². The molecule has 1 aromatic carbocycles. The van der Waals surface area contributed by atoms with Gasteiger partial charge in [-0.1, -0.05) is 12.1 Å². The van der Waals surface area contributed by atoms with E-state index in [2.05, 4.69) is 0 Å². The van der Waals surface area contributed by atoms with E-state index in [-0.39, 0.29) is 35.8 Å². The van der Waals surface area contributed by atoms with E-state index in [9.17, 15) is 29.4 Å².